The first-order valence-electron chi connectivity index (χ1n) is 5.81. The number of nitrogens with two attached hydrogens (primary N) is 1. The van der Waals surface area contributed by atoms with E-state index in [1.165, 1.54) is 0 Å². The highest BCUT2D eigenvalue weighted by Gasteiger charge is 2.11. The fraction of sp³-hybridized carbons (Fsp3) is 0.308. The molecule has 1 aromatic heterocycles. The van der Waals surface area contributed by atoms with Crippen molar-refractivity contribution >= 4 is 28.5 Å². The highest BCUT2D eigenvalue weighted by molar-refractivity contribution is 6.31. The van der Waals surface area contributed by atoms with Gasteiger partial charge in [0.1, 0.15) is 0 Å². The summed E-state index contributed by atoms with van der Waals surface area (Å²) >= 11 is 5.99. The zero-order valence-electron chi connectivity index (χ0n) is 9.90. The largest absolute Gasteiger partial charge is 0.481 e. The molecule has 0 spiro atoms. The van der Waals surface area contributed by atoms with E-state index in [1.54, 1.807) is 6.07 Å². The molecule has 0 amide bonds. The fourth-order valence-electron chi connectivity index (χ4n) is 2.09. The maximum atomic E-state index is 10.8. The number of aromatic nitrogens is 1. The standard InChI is InChI=1S/C13H15ClN2O2/c14-10-2-3-11-9(6-13(17)18)8-16(5-1-4-15)12(11)7-10/h2-3,7-8H,1,4-6,15H2,(H,17,18). The van der Waals surface area contributed by atoms with Crippen LogP contribution in [0.3, 0.4) is 0 Å². The van der Waals surface area contributed by atoms with Gasteiger partial charge in [0.25, 0.3) is 0 Å². The predicted octanol–water partition coefficient (Wildman–Crippen LogP) is 2.27. The summed E-state index contributed by atoms with van der Waals surface area (Å²) in [6.07, 6.45) is 2.75. The fourth-order valence-corrected chi connectivity index (χ4v) is 2.26. The molecule has 2 aromatic rings. The van der Waals surface area contributed by atoms with Crippen molar-refractivity contribution in [2.75, 3.05) is 6.54 Å². The molecule has 18 heavy (non-hydrogen) atoms. The van der Waals surface area contributed by atoms with Crippen molar-refractivity contribution in [2.45, 2.75) is 19.4 Å². The van der Waals surface area contributed by atoms with Crippen LogP contribution in [0.25, 0.3) is 10.9 Å². The van der Waals surface area contributed by atoms with Gasteiger partial charge in [-0.05, 0) is 30.7 Å². The number of aryl methyl sites for hydroxylation is 1. The van der Waals surface area contributed by atoms with Crippen molar-refractivity contribution in [3.8, 4) is 0 Å². The first-order valence-corrected chi connectivity index (χ1v) is 6.18. The number of fused-ring (bicyclic) bond motifs is 1. The van der Waals surface area contributed by atoms with Gasteiger partial charge in [-0.3, -0.25) is 4.79 Å². The summed E-state index contributed by atoms with van der Waals surface area (Å²) < 4.78 is 2.02. The maximum absolute atomic E-state index is 10.8. The molecule has 96 valence electrons. The molecule has 0 aliphatic carbocycles. The highest BCUT2D eigenvalue weighted by Crippen LogP contribution is 2.25. The first-order chi connectivity index (χ1) is 8.61. The van der Waals surface area contributed by atoms with Gasteiger partial charge < -0.3 is 15.4 Å². The predicted molar refractivity (Wildman–Crippen MR) is 72.0 cm³/mol. The Labute approximate surface area is 110 Å². The van der Waals surface area contributed by atoms with Gasteiger partial charge in [0, 0.05) is 28.7 Å². The lowest BCUT2D eigenvalue weighted by Crippen LogP contribution is -2.05. The van der Waals surface area contributed by atoms with Gasteiger partial charge in [-0.1, -0.05) is 17.7 Å². The molecule has 0 radical (unpaired) electrons. The van der Waals surface area contributed by atoms with Crippen LogP contribution in [0.5, 0.6) is 0 Å². The molecule has 2 rings (SSSR count). The summed E-state index contributed by atoms with van der Waals surface area (Å²) in [5, 5.41) is 10.5. The van der Waals surface area contributed by atoms with Gasteiger partial charge in [0.15, 0.2) is 0 Å². The van der Waals surface area contributed by atoms with Crippen LogP contribution in [-0.2, 0) is 17.8 Å². The SMILES string of the molecule is NCCCn1cc(CC(=O)O)c2ccc(Cl)cc21. The molecule has 0 atom stereocenters. The second-order valence-corrected chi connectivity index (χ2v) is 4.66. The summed E-state index contributed by atoms with van der Waals surface area (Å²) in [5.74, 6) is -0.831. The van der Waals surface area contributed by atoms with Gasteiger partial charge >= 0.3 is 5.97 Å². The quantitative estimate of drug-likeness (QED) is 0.872. The summed E-state index contributed by atoms with van der Waals surface area (Å²) in [7, 11) is 0. The van der Waals surface area contributed by atoms with Crippen LogP contribution in [-0.4, -0.2) is 22.2 Å². The molecule has 3 N–H and O–H groups in total. The van der Waals surface area contributed by atoms with Crippen molar-refractivity contribution in [1.29, 1.82) is 0 Å². The van der Waals surface area contributed by atoms with E-state index >= 15 is 0 Å². The van der Waals surface area contributed by atoms with Crippen LogP contribution in [0.4, 0.5) is 0 Å². The first kappa shape index (κ1) is 12.9. The molecule has 4 nitrogen and oxygen atoms in total. The monoisotopic (exact) mass is 266 g/mol. The van der Waals surface area contributed by atoms with Gasteiger partial charge in [-0.2, -0.15) is 0 Å². The van der Waals surface area contributed by atoms with E-state index in [0.29, 0.717) is 11.6 Å². The number of hydrogen-bond donors (Lipinski definition) is 2. The Morgan fingerprint density at radius 2 is 2.22 bits per heavy atom. The molecule has 0 bridgehead atoms. The van der Waals surface area contributed by atoms with Crippen LogP contribution in [0.2, 0.25) is 5.02 Å². The lowest BCUT2D eigenvalue weighted by atomic mass is 10.1. The van der Waals surface area contributed by atoms with Crippen LogP contribution < -0.4 is 5.73 Å². The molecule has 0 unspecified atom stereocenters. The Hall–Kier alpha value is -1.52. The van der Waals surface area contributed by atoms with Crippen LogP contribution >= 0.6 is 11.6 Å². The van der Waals surface area contributed by atoms with E-state index in [9.17, 15) is 4.79 Å². The summed E-state index contributed by atoms with van der Waals surface area (Å²) in [6.45, 7) is 1.38. The van der Waals surface area contributed by atoms with Crippen LogP contribution in [0.1, 0.15) is 12.0 Å². The lowest BCUT2D eigenvalue weighted by molar-refractivity contribution is -0.136. The average Bonchev–Trinajstić information content (AvgIpc) is 2.63. The van der Waals surface area contributed by atoms with Crippen molar-refractivity contribution in [1.82, 2.24) is 4.57 Å². The molecule has 0 aliphatic rings. The number of rotatable bonds is 5. The van der Waals surface area contributed by atoms with Crippen molar-refractivity contribution < 1.29 is 9.90 Å². The van der Waals surface area contributed by atoms with E-state index in [0.717, 1.165) is 29.4 Å². The highest BCUT2D eigenvalue weighted by atomic mass is 35.5. The van der Waals surface area contributed by atoms with Crippen LogP contribution in [0.15, 0.2) is 24.4 Å². The summed E-state index contributed by atoms with van der Waals surface area (Å²) in [4.78, 5) is 10.8. The Balaban J connectivity index is 2.48. The number of aliphatic carboxylic acids is 1. The molecule has 1 heterocycles. The van der Waals surface area contributed by atoms with Gasteiger partial charge in [-0.15, -0.1) is 0 Å². The number of nitrogens with zero attached hydrogens (tertiary/aromatic N) is 1. The van der Waals surface area contributed by atoms with E-state index in [1.807, 2.05) is 22.9 Å². The third kappa shape index (κ3) is 2.66. The second kappa shape index (κ2) is 5.42. The number of carboxylic acids is 1. The Bertz CT molecular complexity index is 578. The second-order valence-electron chi connectivity index (χ2n) is 4.22. The molecular formula is C13H15ClN2O2. The topological polar surface area (TPSA) is 68.2 Å². The average molecular weight is 267 g/mol. The van der Waals surface area contributed by atoms with E-state index in [-0.39, 0.29) is 6.42 Å². The Kier molecular flexibility index (Phi) is 3.89. The van der Waals surface area contributed by atoms with Crippen molar-refractivity contribution in [3.63, 3.8) is 0 Å². The number of carboxylic acid groups (broad SMARTS) is 1. The number of carbonyl (C=O) groups is 1. The molecule has 0 aliphatic heterocycles. The Morgan fingerprint density at radius 1 is 1.44 bits per heavy atom. The van der Waals surface area contributed by atoms with Crippen molar-refractivity contribution in [2.24, 2.45) is 5.73 Å². The number of benzene rings is 1. The molecule has 0 saturated carbocycles. The van der Waals surface area contributed by atoms with E-state index in [4.69, 9.17) is 22.4 Å². The van der Waals surface area contributed by atoms with Gasteiger partial charge in [0.2, 0.25) is 0 Å². The third-order valence-corrected chi connectivity index (χ3v) is 3.11. The van der Waals surface area contributed by atoms with Crippen molar-refractivity contribution in [3.05, 3.63) is 35.0 Å². The van der Waals surface area contributed by atoms with Crippen LogP contribution in [0, 0.1) is 0 Å². The van der Waals surface area contributed by atoms with Gasteiger partial charge in [0.05, 0.1) is 6.42 Å². The lowest BCUT2D eigenvalue weighted by Gasteiger charge is -2.03. The van der Waals surface area contributed by atoms with Gasteiger partial charge in [-0.25, -0.2) is 0 Å². The molecular weight excluding hydrogens is 252 g/mol. The normalized spacial score (nSPS) is 11.0. The third-order valence-electron chi connectivity index (χ3n) is 2.87. The van der Waals surface area contributed by atoms with E-state index < -0.39 is 5.97 Å². The minimum absolute atomic E-state index is 0.0216. The molecule has 0 saturated heterocycles. The maximum Gasteiger partial charge on any atom is 0.307 e. The van der Waals surface area contributed by atoms with E-state index in [2.05, 4.69) is 0 Å². The zero-order chi connectivity index (χ0) is 13.1. The number of halogens is 1. The smallest absolute Gasteiger partial charge is 0.307 e. The molecule has 5 heteroatoms. The zero-order valence-corrected chi connectivity index (χ0v) is 10.7. The molecule has 1 aromatic carbocycles. The summed E-state index contributed by atoms with van der Waals surface area (Å²) in [6, 6.07) is 5.51. The Morgan fingerprint density at radius 3 is 2.89 bits per heavy atom. The number of hydrogen-bond acceptors (Lipinski definition) is 2. The summed E-state index contributed by atoms with van der Waals surface area (Å²) in [5.41, 5.74) is 7.28. The minimum atomic E-state index is -0.831. The molecule has 0 fully saturated rings. The minimum Gasteiger partial charge on any atom is -0.481 e.